The summed E-state index contributed by atoms with van der Waals surface area (Å²) in [6.07, 6.45) is 1.28. The molecule has 0 aromatic heterocycles. The van der Waals surface area contributed by atoms with Crippen molar-refractivity contribution in [1.29, 1.82) is 0 Å². The van der Waals surface area contributed by atoms with E-state index in [-0.39, 0.29) is 12.4 Å². The molecule has 0 unspecified atom stereocenters. The fourth-order valence-electron chi connectivity index (χ4n) is 1.37. The molecule has 1 rings (SSSR count). The molecule has 1 amide bonds. The van der Waals surface area contributed by atoms with E-state index in [1.807, 2.05) is 6.92 Å². The standard InChI is InChI=1S/C12H16N2O3/c1-2-3-10(15)8-4-5-11(9(13)6-8)17-7-12(14)16/h4-6H,2-3,7,13H2,1H3,(H2,14,16). The fourth-order valence-corrected chi connectivity index (χ4v) is 1.37. The fraction of sp³-hybridized carbons (Fsp3) is 0.333. The van der Waals surface area contributed by atoms with Gasteiger partial charge in [-0.3, -0.25) is 9.59 Å². The van der Waals surface area contributed by atoms with Crippen LogP contribution in [-0.2, 0) is 4.79 Å². The molecular formula is C12H16N2O3. The second-order valence-corrected chi connectivity index (χ2v) is 3.68. The van der Waals surface area contributed by atoms with Gasteiger partial charge >= 0.3 is 0 Å². The molecule has 0 atom stereocenters. The molecule has 5 nitrogen and oxygen atoms in total. The highest BCUT2D eigenvalue weighted by molar-refractivity contribution is 5.97. The van der Waals surface area contributed by atoms with Crippen molar-refractivity contribution in [2.24, 2.45) is 5.73 Å². The molecule has 0 aliphatic carbocycles. The van der Waals surface area contributed by atoms with Gasteiger partial charge in [0, 0.05) is 12.0 Å². The van der Waals surface area contributed by atoms with Crippen molar-refractivity contribution in [1.82, 2.24) is 0 Å². The Morgan fingerprint density at radius 1 is 1.35 bits per heavy atom. The first kappa shape index (κ1) is 13.0. The zero-order valence-electron chi connectivity index (χ0n) is 9.73. The molecule has 0 fully saturated rings. The third-order valence-electron chi connectivity index (χ3n) is 2.18. The van der Waals surface area contributed by atoms with Gasteiger partial charge in [-0.2, -0.15) is 0 Å². The maximum absolute atomic E-state index is 11.6. The average molecular weight is 236 g/mol. The third-order valence-corrected chi connectivity index (χ3v) is 2.18. The molecule has 4 N–H and O–H groups in total. The van der Waals surface area contributed by atoms with Crippen LogP contribution >= 0.6 is 0 Å². The summed E-state index contributed by atoms with van der Waals surface area (Å²) in [4.78, 5) is 22.2. The Balaban J connectivity index is 2.78. The van der Waals surface area contributed by atoms with Gasteiger partial charge in [0.15, 0.2) is 12.4 Å². The van der Waals surface area contributed by atoms with Gasteiger partial charge in [-0.25, -0.2) is 0 Å². The highest BCUT2D eigenvalue weighted by Gasteiger charge is 2.08. The van der Waals surface area contributed by atoms with Crippen LogP contribution in [0.3, 0.4) is 0 Å². The van der Waals surface area contributed by atoms with E-state index >= 15 is 0 Å². The van der Waals surface area contributed by atoms with Crippen molar-refractivity contribution in [3.8, 4) is 5.75 Å². The Kier molecular flexibility index (Phi) is 4.51. The molecule has 0 aliphatic heterocycles. The first-order valence-corrected chi connectivity index (χ1v) is 5.38. The van der Waals surface area contributed by atoms with E-state index in [1.165, 1.54) is 0 Å². The summed E-state index contributed by atoms with van der Waals surface area (Å²) in [7, 11) is 0. The largest absolute Gasteiger partial charge is 0.482 e. The summed E-state index contributed by atoms with van der Waals surface area (Å²) < 4.78 is 5.08. The number of carbonyl (C=O) groups excluding carboxylic acids is 2. The van der Waals surface area contributed by atoms with Gasteiger partial charge in [0.1, 0.15) is 5.75 Å². The maximum atomic E-state index is 11.6. The molecule has 1 aromatic rings. The molecule has 92 valence electrons. The normalized spacial score (nSPS) is 9.94. The lowest BCUT2D eigenvalue weighted by Crippen LogP contribution is -2.20. The lowest BCUT2D eigenvalue weighted by molar-refractivity contribution is -0.119. The van der Waals surface area contributed by atoms with Gasteiger partial charge in [-0.05, 0) is 24.6 Å². The second-order valence-electron chi connectivity index (χ2n) is 3.68. The number of rotatable bonds is 6. The van der Waals surface area contributed by atoms with Gasteiger partial charge in [-0.1, -0.05) is 6.92 Å². The third kappa shape index (κ3) is 3.79. The van der Waals surface area contributed by atoms with Crippen LogP contribution in [0.1, 0.15) is 30.1 Å². The smallest absolute Gasteiger partial charge is 0.255 e. The Labute approximate surface area is 99.7 Å². The number of benzene rings is 1. The van der Waals surface area contributed by atoms with Crippen LogP contribution in [0.5, 0.6) is 5.75 Å². The summed E-state index contributed by atoms with van der Waals surface area (Å²) in [5.41, 5.74) is 11.5. The Bertz CT molecular complexity index is 430. The van der Waals surface area contributed by atoms with Crippen LogP contribution in [0.2, 0.25) is 0 Å². The molecule has 1 aromatic carbocycles. The number of ketones is 1. The minimum Gasteiger partial charge on any atom is -0.482 e. The number of nitrogens with two attached hydrogens (primary N) is 2. The summed E-state index contributed by atoms with van der Waals surface area (Å²) in [6.45, 7) is 1.71. The van der Waals surface area contributed by atoms with Crippen LogP contribution in [0.4, 0.5) is 5.69 Å². The number of nitrogen functional groups attached to an aromatic ring is 1. The number of carbonyl (C=O) groups is 2. The van der Waals surface area contributed by atoms with Crippen LogP contribution in [0.15, 0.2) is 18.2 Å². The summed E-state index contributed by atoms with van der Waals surface area (Å²) >= 11 is 0. The van der Waals surface area contributed by atoms with Gasteiger partial charge in [0.25, 0.3) is 5.91 Å². The summed E-state index contributed by atoms with van der Waals surface area (Å²) in [5.74, 6) is -0.173. The van der Waals surface area contributed by atoms with E-state index in [0.29, 0.717) is 23.4 Å². The molecule has 0 heterocycles. The predicted molar refractivity (Wildman–Crippen MR) is 64.8 cm³/mol. The summed E-state index contributed by atoms with van der Waals surface area (Å²) in [5, 5.41) is 0. The van der Waals surface area contributed by atoms with E-state index < -0.39 is 5.91 Å². The van der Waals surface area contributed by atoms with Gasteiger partial charge in [0.05, 0.1) is 5.69 Å². The minimum absolute atomic E-state index is 0.0423. The lowest BCUT2D eigenvalue weighted by atomic mass is 10.1. The van der Waals surface area contributed by atoms with Crippen LogP contribution in [-0.4, -0.2) is 18.3 Å². The van der Waals surface area contributed by atoms with Gasteiger partial charge < -0.3 is 16.2 Å². The number of primary amides is 1. The number of hydrogen-bond donors (Lipinski definition) is 2. The highest BCUT2D eigenvalue weighted by Crippen LogP contribution is 2.23. The van der Waals surface area contributed by atoms with E-state index in [1.54, 1.807) is 18.2 Å². The molecule has 0 radical (unpaired) electrons. The Morgan fingerprint density at radius 3 is 2.59 bits per heavy atom. The number of amides is 1. The minimum atomic E-state index is -0.574. The van der Waals surface area contributed by atoms with Crippen molar-refractivity contribution in [3.63, 3.8) is 0 Å². The Morgan fingerprint density at radius 2 is 2.06 bits per heavy atom. The van der Waals surface area contributed by atoms with E-state index in [9.17, 15) is 9.59 Å². The average Bonchev–Trinajstić information content (AvgIpc) is 2.27. The molecule has 5 heteroatoms. The monoisotopic (exact) mass is 236 g/mol. The predicted octanol–water partition coefficient (Wildman–Crippen LogP) is 1.12. The van der Waals surface area contributed by atoms with Crippen molar-refractivity contribution < 1.29 is 14.3 Å². The van der Waals surface area contributed by atoms with Crippen LogP contribution in [0.25, 0.3) is 0 Å². The number of ether oxygens (including phenoxy) is 1. The van der Waals surface area contributed by atoms with Crippen molar-refractivity contribution in [2.45, 2.75) is 19.8 Å². The molecule has 0 saturated heterocycles. The zero-order valence-corrected chi connectivity index (χ0v) is 9.73. The molecule has 0 bridgehead atoms. The molecule has 0 spiro atoms. The first-order chi connectivity index (χ1) is 8.04. The number of hydrogen-bond acceptors (Lipinski definition) is 4. The van der Waals surface area contributed by atoms with Crippen LogP contribution < -0.4 is 16.2 Å². The SMILES string of the molecule is CCCC(=O)c1ccc(OCC(N)=O)c(N)c1. The van der Waals surface area contributed by atoms with Crippen molar-refractivity contribution >= 4 is 17.4 Å². The number of Topliss-reactive ketones (excluding diaryl/α,β-unsaturated/α-hetero) is 1. The second kappa shape index (κ2) is 5.89. The molecule has 0 aliphatic rings. The van der Waals surface area contributed by atoms with Gasteiger partial charge in [-0.15, -0.1) is 0 Å². The molecule has 17 heavy (non-hydrogen) atoms. The molecular weight excluding hydrogens is 220 g/mol. The topological polar surface area (TPSA) is 95.4 Å². The quantitative estimate of drug-likeness (QED) is 0.571. The summed E-state index contributed by atoms with van der Waals surface area (Å²) in [6, 6.07) is 4.75. The molecule has 0 saturated carbocycles. The van der Waals surface area contributed by atoms with E-state index in [0.717, 1.165) is 6.42 Å². The highest BCUT2D eigenvalue weighted by atomic mass is 16.5. The number of anilines is 1. The lowest BCUT2D eigenvalue weighted by Gasteiger charge is -2.08. The zero-order chi connectivity index (χ0) is 12.8. The van der Waals surface area contributed by atoms with E-state index in [2.05, 4.69) is 0 Å². The first-order valence-electron chi connectivity index (χ1n) is 5.38. The Hall–Kier alpha value is -2.04. The van der Waals surface area contributed by atoms with Crippen molar-refractivity contribution in [3.05, 3.63) is 23.8 Å². The van der Waals surface area contributed by atoms with Crippen LogP contribution in [0, 0.1) is 0 Å². The maximum Gasteiger partial charge on any atom is 0.255 e. The van der Waals surface area contributed by atoms with E-state index in [4.69, 9.17) is 16.2 Å². The van der Waals surface area contributed by atoms with Gasteiger partial charge in [0.2, 0.25) is 0 Å². The van der Waals surface area contributed by atoms with Crippen molar-refractivity contribution in [2.75, 3.05) is 12.3 Å².